The van der Waals surface area contributed by atoms with Crippen molar-refractivity contribution in [3.05, 3.63) is 35.9 Å². The molecule has 4 atom stereocenters. The number of benzene rings is 1. The highest BCUT2D eigenvalue weighted by Crippen LogP contribution is 2.37. The molecule has 1 saturated carbocycles. The molecule has 20 heavy (non-hydrogen) atoms. The summed E-state index contributed by atoms with van der Waals surface area (Å²) in [6.45, 7) is 1.97. The minimum atomic E-state index is -0.0754. The van der Waals surface area contributed by atoms with E-state index in [1.54, 1.807) is 0 Å². The van der Waals surface area contributed by atoms with E-state index in [9.17, 15) is 4.79 Å². The lowest BCUT2D eigenvalue weighted by Gasteiger charge is -2.30. The smallest absolute Gasteiger partial charge is 0.241 e. The number of nitrogens with one attached hydrogen (secondary N) is 1. The van der Waals surface area contributed by atoms with Gasteiger partial charge in [-0.05, 0) is 38.0 Å². The first-order valence-corrected chi connectivity index (χ1v) is 8.65. The standard InChI is InChI=1S/C16H22N2OS/c1-11-16(19)18(13-8-9-14(10-13)20-2)15(17-11)12-6-4-3-5-7-12/h3-7,11,13-15,17H,8-10H2,1-2H3. The molecule has 1 aliphatic heterocycles. The van der Waals surface area contributed by atoms with Crippen molar-refractivity contribution in [2.24, 2.45) is 0 Å². The minimum Gasteiger partial charge on any atom is -0.319 e. The topological polar surface area (TPSA) is 32.3 Å². The highest BCUT2D eigenvalue weighted by atomic mass is 32.2. The molecule has 2 aliphatic rings. The van der Waals surface area contributed by atoms with E-state index < -0.39 is 0 Å². The average Bonchev–Trinajstić information content (AvgIpc) is 3.05. The quantitative estimate of drug-likeness (QED) is 0.929. The summed E-state index contributed by atoms with van der Waals surface area (Å²) in [7, 11) is 0. The Morgan fingerprint density at radius 1 is 1.25 bits per heavy atom. The zero-order valence-electron chi connectivity index (χ0n) is 12.1. The first-order chi connectivity index (χ1) is 9.70. The van der Waals surface area contributed by atoms with E-state index >= 15 is 0 Å². The van der Waals surface area contributed by atoms with Crippen LogP contribution in [0.25, 0.3) is 0 Å². The molecule has 0 bridgehead atoms. The summed E-state index contributed by atoms with van der Waals surface area (Å²) in [5, 5.41) is 4.16. The summed E-state index contributed by atoms with van der Waals surface area (Å²) in [5.74, 6) is 0.255. The fourth-order valence-corrected chi connectivity index (χ4v) is 4.19. The van der Waals surface area contributed by atoms with Crippen LogP contribution in [0.1, 0.15) is 37.9 Å². The van der Waals surface area contributed by atoms with E-state index in [0.717, 1.165) is 12.8 Å². The average molecular weight is 290 g/mol. The van der Waals surface area contributed by atoms with Crippen LogP contribution in [0.15, 0.2) is 30.3 Å². The number of hydrogen-bond acceptors (Lipinski definition) is 3. The van der Waals surface area contributed by atoms with E-state index in [4.69, 9.17) is 0 Å². The Bertz CT molecular complexity index is 479. The van der Waals surface area contributed by atoms with Gasteiger partial charge in [0.05, 0.1) is 6.04 Å². The summed E-state index contributed by atoms with van der Waals surface area (Å²) >= 11 is 1.94. The maximum Gasteiger partial charge on any atom is 0.241 e. The number of nitrogens with zero attached hydrogens (tertiary/aromatic N) is 1. The molecular formula is C16H22N2OS. The first kappa shape index (κ1) is 14.0. The van der Waals surface area contributed by atoms with Crippen LogP contribution in [0.2, 0.25) is 0 Å². The molecule has 1 amide bonds. The predicted octanol–water partition coefficient (Wildman–Crippen LogP) is 2.79. The van der Waals surface area contributed by atoms with E-state index in [-0.39, 0.29) is 18.1 Å². The number of carbonyl (C=O) groups excluding carboxylic acids is 1. The van der Waals surface area contributed by atoms with Crippen LogP contribution in [0.4, 0.5) is 0 Å². The highest BCUT2D eigenvalue weighted by molar-refractivity contribution is 7.99. The summed E-state index contributed by atoms with van der Waals surface area (Å²) in [6.07, 6.45) is 5.71. The Morgan fingerprint density at radius 2 is 2.00 bits per heavy atom. The van der Waals surface area contributed by atoms with Crippen molar-refractivity contribution < 1.29 is 4.79 Å². The molecule has 3 nitrogen and oxygen atoms in total. The normalized spacial score (nSPS) is 33.9. The predicted molar refractivity (Wildman–Crippen MR) is 83.6 cm³/mol. The van der Waals surface area contributed by atoms with Crippen molar-refractivity contribution in [1.29, 1.82) is 0 Å². The largest absolute Gasteiger partial charge is 0.319 e. The summed E-state index contributed by atoms with van der Waals surface area (Å²) in [4.78, 5) is 14.6. The van der Waals surface area contributed by atoms with Crippen molar-refractivity contribution in [3.8, 4) is 0 Å². The number of thioether (sulfide) groups is 1. The molecule has 0 spiro atoms. The number of hydrogen-bond donors (Lipinski definition) is 1. The van der Waals surface area contributed by atoms with Gasteiger partial charge in [-0.15, -0.1) is 0 Å². The van der Waals surface area contributed by atoms with Gasteiger partial charge < -0.3 is 4.90 Å². The van der Waals surface area contributed by atoms with Gasteiger partial charge in [-0.1, -0.05) is 30.3 Å². The van der Waals surface area contributed by atoms with Gasteiger partial charge in [0.2, 0.25) is 5.91 Å². The van der Waals surface area contributed by atoms with Crippen molar-refractivity contribution in [2.75, 3.05) is 6.26 Å². The molecule has 4 heteroatoms. The van der Waals surface area contributed by atoms with Crippen LogP contribution >= 0.6 is 11.8 Å². The summed E-state index contributed by atoms with van der Waals surface area (Å²) in [6, 6.07) is 10.6. The lowest BCUT2D eigenvalue weighted by molar-refractivity contribution is -0.132. The molecule has 2 fully saturated rings. The van der Waals surface area contributed by atoms with E-state index in [0.29, 0.717) is 11.3 Å². The molecule has 1 saturated heterocycles. The third-order valence-corrected chi connectivity index (χ3v) is 5.60. The zero-order chi connectivity index (χ0) is 14.1. The Labute approximate surface area is 125 Å². The van der Waals surface area contributed by atoms with Crippen LogP contribution in [-0.4, -0.2) is 34.4 Å². The van der Waals surface area contributed by atoms with E-state index in [1.165, 1.54) is 12.0 Å². The molecule has 4 unspecified atom stereocenters. The van der Waals surface area contributed by atoms with Crippen LogP contribution in [0, 0.1) is 0 Å². The second kappa shape index (κ2) is 5.78. The SMILES string of the molecule is CSC1CCC(N2C(=O)C(C)NC2c2ccccc2)C1. The third kappa shape index (κ3) is 2.47. The minimum absolute atomic E-state index is 0.0457. The first-order valence-electron chi connectivity index (χ1n) is 7.36. The van der Waals surface area contributed by atoms with Crippen molar-refractivity contribution >= 4 is 17.7 Å². The maximum atomic E-state index is 12.5. The van der Waals surface area contributed by atoms with Crippen LogP contribution in [0.5, 0.6) is 0 Å². The Morgan fingerprint density at radius 3 is 2.65 bits per heavy atom. The monoisotopic (exact) mass is 290 g/mol. The molecule has 1 heterocycles. The van der Waals surface area contributed by atoms with Crippen molar-refractivity contribution in [1.82, 2.24) is 10.2 Å². The van der Waals surface area contributed by atoms with Gasteiger partial charge in [0, 0.05) is 11.3 Å². The summed E-state index contributed by atoms with van der Waals surface area (Å²) in [5.41, 5.74) is 1.19. The number of amides is 1. The van der Waals surface area contributed by atoms with Gasteiger partial charge in [0.1, 0.15) is 6.17 Å². The molecule has 1 N–H and O–H groups in total. The molecule has 0 radical (unpaired) electrons. The Kier molecular flexibility index (Phi) is 4.03. The van der Waals surface area contributed by atoms with E-state index in [1.807, 2.05) is 36.9 Å². The van der Waals surface area contributed by atoms with Crippen LogP contribution in [0.3, 0.4) is 0 Å². The fraction of sp³-hybridized carbons (Fsp3) is 0.562. The van der Waals surface area contributed by atoms with Crippen molar-refractivity contribution in [3.63, 3.8) is 0 Å². The molecule has 3 rings (SSSR count). The zero-order valence-corrected chi connectivity index (χ0v) is 12.9. The fourth-order valence-electron chi connectivity index (χ4n) is 3.41. The van der Waals surface area contributed by atoms with E-state index in [2.05, 4.69) is 28.6 Å². The molecule has 0 aromatic heterocycles. The van der Waals surface area contributed by atoms with Gasteiger partial charge >= 0.3 is 0 Å². The van der Waals surface area contributed by atoms with Gasteiger partial charge in [0.15, 0.2) is 0 Å². The molecule has 1 aromatic rings. The molecule has 1 aromatic carbocycles. The lowest BCUT2D eigenvalue weighted by atomic mass is 10.1. The third-order valence-electron chi connectivity index (χ3n) is 4.51. The Balaban J connectivity index is 1.84. The maximum absolute atomic E-state index is 12.5. The van der Waals surface area contributed by atoms with Gasteiger partial charge in [0.25, 0.3) is 0 Å². The second-order valence-electron chi connectivity index (χ2n) is 5.77. The van der Waals surface area contributed by atoms with Crippen LogP contribution in [-0.2, 0) is 4.79 Å². The van der Waals surface area contributed by atoms with Gasteiger partial charge in [-0.2, -0.15) is 11.8 Å². The summed E-state index contributed by atoms with van der Waals surface area (Å²) < 4.78 is 0. The Hall–Kier alpha value is -1.00. The lowest BCUT2D eigenvalue weighted by Crippen LogP contribution is -2.38. The molecule has 108 valence electrons. The van der Waals surface area contributed by atoms with Gasteiger partial charge in [-0.3, -0.25) is 10.1 Å². The van der Waals surface area contributed by atoms with Gasteiger partial charge in [-0.25, -0.2) is 0 Å². The number of rotatable bonds is 3. The van der Waals surface area contributed by atoms with Crippen molar-refractivity contribution in [2.45, 2.75) is 49.7 Å². The second-order valence-corrected chi connectivity index (χ2v) is 6.91. The highest BCUT2D eigenvalue weighted by Gasteiger charge is 2.43. The number of carbonyl (C=O) groups is 1. The van der Waals surface area contributed by atoms with Crippen LogP contribution < -0.4 is 5.32 Å². The molecule has 1 aliphatic carbocycles. The molecular weight excluding hydrogens is 268 g/mol.